The SMILES string of the molecule is Cc1cc2ncn(CCN(CCCl)C(c3ccccc3)c3ccc(Cl)cc3)c2cc1C.Cl. The number of imidazole rings is 1. The van der Waals surface area contributed by atoms with Crippen molar-refractivity contribution in [3.05, 3.63) is 100 Å². The van der Waals surface area contributed by atoms with Gasteiger partial charge in [-0.3, -0.25) is 4.90 Å². The lowest BCUT2D eigenvalue weighted by Gasteiger charge is -2.32. The van der Waals surface area contributed by atoms with Gasteiger partial charge in [0.25, 0.3) is 0 Å². The van der Waals surface area contributed by atoms with E-state index in [0.29, 0.717) is 5.88 Å². The van der Waals surface area contributed by atoms with Crippen molar-refractivity contribution in [3.8, 4) is 0 Å². The number of benzene rings is 3. The molecule has 3 nitrogen and oxygen atoms in total. The van der Waals surface area contributed by atoms with Crippen LogP contribution in [0.15, 0.2) is 73.1 Å². The van der Waals surface area contributed by atoms with Crippen LogP contribution in [0, 0.1) is 13.8 Å². The first-order valence-electron chi connectivity index (χ1n) is 10.6. The minimum Gasteiger partial charge on any atom is -0.329 e. The highest BCUT2D eigenvalue weighted by Gasteiger charge is 2.22. The van der Waals surface area contributed by atoms with Gasteiger partial charge in [0.05, 0.1) is 23.4 Å². The fourth-order valence-corrected chi connectivity index (χ4v) is 4.44. The number of aryl methyl sites for hydroxylation is 2. The molecule has 0 aliphatic carbocycles. The lowest BCUT2D eigenvalue weighted by atomic mass is 9.97. The van der Waals surface area contributed by atoms with Crippen LogP contribution in [0.3, 0.4) is 0 Å². The van der Waals surface area contributed by atoms with Gasteiger partial charge in [0.1, 0.15) is 0 Å². The van der Waals surface area contributed by atoms with E-state index >= 15 is 0 Å². The fourth-order valence-electron chi connectivity index (χ4n) is 4.10. The van der Waals surface area contributed by atoms with Gasteiger partial charge in [-0.2, -0.15) is 0 Å². The molecule has 0 fully saturated rings. The first-order valence-corrected chi connectivity index (χ1v) is 11.5. The molecule has 1 unspecified atom stereocenters. The highest BCUT2D eigenvalue weighted by molar-refractivity contribution is 6.30. The Kier molecular flexibility index (Phi) is 8.61. The third-order valence-corrected chi connectivity index (χ3v) is 6.32. The van der Waals surface area contributed by atoms with Gasteiger partial charge in [-0.15, -0.1) is 24.0 Å². The number of rotatable bonds is 8. The Morgan fingerprint density at radius 3 is 2.25 bits per heavy atom. The van der Waals surface area contributed by atoms with Crippen LogP contribution in [0.1, 0.15) is 28.3 Å². The summed E-state index contributed by atoms with van der Waals surface area (Å²) in [4.78, 5) is 7.06. The number of halogens is 3. The predicted molar refractivity (Wildman–Crippen MR) is 138 cm³/mol. The standard InChI is InChI=1S/C26H27Cl2N3.ClH/c1-19-16-24-25(17-20(19)2)31(18-29-24)15-14-30(13-12-27)26(21-6-4-3-5-7-21)22-8-10-23(28)11-9-22;/h3-11,16-18,26H,12-15H2,1-2H3;1H. The Balaban J connectivity index is 0.00000289. The minimum absolute atomic E-state index is 0. The maximum absolute atomic E-state index is 6.25. The van der Waals surface area contributed by atoms with Gasteiger partial charge in [-0.1, -0.05) is 54.1 Å². The lowest BCUT2D eigenvalue weighted by molar-refractivity contribution is 0.230. The Bertz CT molecular complexity index is 1140. The second-order valence-electron chi connectivity index (χ2n) is 7.95. The van der Waals surface area contributed by atoms with Crippen LogP contribution >= 0.6 is 35.6 Å². The van der Waals surface area contributed by atoms with E-state index in [9.17, 15) is 0 Å². The third kappa shape index (κ3) is 5.47. The Labute approximate surface area is 206 Å². The second kappa shape index (κ2) is 11.2. The van der Waals surface area contributed by atoms with Crippen molar-refractivity contribution in [2.45, 2.75) is 26.4 Å². The summed E-state index contributed by atoms with van der Waals surface area (Å²) in [6, 6.07) is 23.2. The summed E-state index contributed by atoms with van der Waals surface area (Å²) in [6.45, 7) is 6.76. The van der Waals surface area contributed by atoms with Crippen LogP contribution in [-0.2, 0) is 6.54 Å². The zero-order valence-electron chi connectivity index (χ0n) is 18.3. The fraction of sp³-hybridized carbons (Fsp3) is 0.269. The molecule has 0 saturated carbocycles. The summed E-state index contributed by atoms with van der Waals surface area (Å²) in [5.74, 6) is 0.569. The van der Waals surface area contributed by atoms with Crippen molar-refractivity contribution in [1.29, 1.82) is 0 Å². The molecule has 0 saturated heterocycles. The van der Waals surface area contributed by atoms with E-state index in [2.05, 4.69) is 82.9 Å². The molecule has 0 amide bonds. The summed E-state index contributed by atoms with van der Waals surface area (Å²) >= 11 is 12.4. The van der Waals surface area contributed by atoms with Gasteiger partial charge in [0, 0.05) is 30.5 Å². The summed E-state index contributed by atoms with van der Waals surface area (Å²) in [5.41, 5.74) is 7.24. The van der Waals surface area contributed by atoms with Crippen molar-refractivity contribution >= 4 is 46.6 Å². The van der Waals surface area contributed by atoms with Crippen molar-refractivity contribution in [2.24, 2.45) is 0 Å². The van der Waals surface area contributed by atoms with Crippen LogP contribution in [0.25, 0.3) is 11.0 Å². The first-order chi connectivity index (χ1) is 15.1. The molecular formula is C26H28Cl3N3. The quantitative estimate of drug-likeness (QED) is 0.248. The van der Waals surface area contributed by atoms with Crippen LogP contribution in [0.5, 0.6) is 0 Å². The zero-order chi connectivity index (χ0) is 21.8. The molecule has 0 aliphatic rings. The molecule has 6 heteroatoms. The van der Waals surface area contributed by atoms with E-state index in [1.807, 2.05) is 18.5 Å². The van der Waals surface area contributed by atoms with Gasteiger partial charge < -0.3 is 4.57 Å². The van der Waals surface area contributed by atoms with Crippen molar-refractivity contribution < 1.29 is 0 Å². The maximum atomic E-state index is 6.25. The van der Waals surface area contributed by atoms with E-state index in [-0.39, 0.29) is 18.4 Å². The molecule has 32 heavy (non-hydrogen) atoms. The molecular weight excluding hydrogens is 461 g/mol. The van der Waals surface area contributed by atoms with E-state index in [0.717, 1.165) is 30.2 Å². The summed E-state index contributed by atoms with van der Waals surface area (Å²) < 4.78 is 2.24. The molecule has 168 valence electrons. The summed E-state index contributed by atoms with van der Waals surface area (Å²) in [6.07, 6.45) is 1.95. The summed E-state index contributed by atoms with van der Waals surface area (Å²) in [5, 5.41) is 0.745. The Morgan fingerprint density at radius 2 is 1.56 bits per heavy atom. The largest absolute Gasteiger partial charge is 0.329 e. The third-order valence-electron chi connectivity index (χ3n) is 5.90. The molecule has 4 aromatic rings. The van der Waals surface area contributed by atoms with Gasteiger partial charge >= 0.3 is 0 Å². The molecule has 1 aromatic heterocycles. The molecule has 1 atom stereocenters. The molecule has 0 aliphatic heterocycles. The van der Waals surface area contributed by atoms with E-state index in [1.165, 1.54) is 27.8 Å². The van der Waals surface area contributed by atoms with E-state index < -0.39 is 0 Å². The molecule has 0 N–H and O–H groups in total. The smallest absolute Gasteiger partial charge is 0.0958 e. The predicted octanol–water partition coefficient (Wildman–Crippen LogP) is 7.06. The average Bonchev–Trinajstić information content (AvgIpc) is 3.16. The zero-order valence-corrected chi connectivity index (χ0v) is 20.7. The van der Waals surface area contributed by atoms with Crippen LogP contribution < -0.4 is 0 Å². The van der Waals surface area contributed by atoms with Crippen LogP contribution in [0.4, 0.5) is 0 Å². The summed E-state index contributed by atoms with van der Waals surface area (Å²) in [7, 11) is 0. The van der Waals surface area contributed by atoms with Gasteiger partial charge in [-0.25, -0.2) is 4.98 Å². The van der Waals surface area contributed by atoms with E-state index in [4.69, 9.17) is 23.2 Å². The van der Waals surface area contributed by atoms with Crippen LogP contribution in [-0.4, -0.2) is 33.4 Å². The number of nitrogens with zero attached hydrogens (tertiary/aromatic N) is 3. The maximum Gasteiger partial charge on any atom is 0.0958 e. The Morgan fingerprint density at radius 1 is 0.906 bits per heavy atom. The van der Waals surface area contributed by atoms with Crippen molar-refractivity contribution in [2.75, 3.05) is 19.0 Å². The number of fused-ring (bicyclic) bond motifs is 1. The first kappa shape index (κ1) is 24.6. The molecule has 0 spiro atoms. The molecule has 3 aromatic carbocycles. The molecule has 0 radical (unpaired) electrons. The number of aromatic nitrogens is 2. The monoisotopic (exact) mass is 487 g/mol. The lowest BCUT2D eigenvalue weighted by Crippen LogP contribution is -2.34. The highest BCUT2D eigenvalue weighted by Crippen LogP contribution is 2.30. The molecule has 4 rings (SSSR count). The topological polar surface area (TPSA) is 21.1 Å². The minimum atomic E-state index is 0. The number of hydrogen-bond acceptors (Lipinski definition) is 2. The normalized spacial score (nSPS) is 12.2. The van der Waals surface area contributed by atoms with E-state index in [1.54, 1.807) is 0 Å². The van der Waals surface area contributed by atoms with Crippen LogP contribution in [0.2, 0.25) is 5.02 Å². The number of alkyl halides is 1. The number of hydrogen-bond donors (Lipinski definition) is 0. The van der Waals surface area contributed by atoms with Crippen molar-refractivity contribution in [3.63, 3.8) is 0 Å². The molecule has 0 bridgehead atoms. The second-order valence-corrected chi connectivity index (χ2v) is 8.77. The van der Waals surface area contributed by atoms with Crippen molar-refractivity contribution in [1.82, 2.24) is 14.5 Å². The molecule has 1 heterocycles. The highest BCUT2D eigenvalue weighted by atomic mass is 35.5. The average molecular weight is 489 g/mol. The van der Waals surface area contributed by atoms with Gasteiger partial charge in [0.2, 0.25) is 0 Å². The Hall–Kier alpha value is -2.04. The van der Waals surface area contributed by atoms with Gasteiger partial charge in [0.15, 0.2) is 0 Å². The van der Waals surface area contributed by atoms with Gasteiger partial charge in [-0.05, 0) is 60.4 Å².